The normalized spacial score (nSPS) is 30.5. The van der Waals surface area contributed by atoms with Crippen LogP contribution in [0.1, 0.15) is 38.5 Å². The molecule has 22 heavy (non-hydrogen) atoms. The summed E-state index contributed by atoms with van der Waals surface area (Å²) in [7, 11) is 0. The van der Waals surface area contributed by atoms with Gasteiger partial charge in [0.25, 0.3) is 0 Å². The number of nitrogens with zero attached hydrogens (tertiary/aromatic N) is 2. The smallest absolute Gasteiger partial charge is 0.239 e. The molecule has 0 saturated carbocycles. The van der Waals surface area contributed by atoms with Crippen LogP contribution in [0.15, 0.2) is 0 Å². The number of amides is 1. The number of carbonyl (C=O) groups excluding carboxylic acids is 1. The van der Waals surface area contributed by atoms with Crippen molar-refractivity contribution in [3.63, 3.8) is 0 Å². The topological polar surface area (TPSA) is 55.8 Å². The van der Waals surface area contributed by atoms with Crippen molar-refractivity contribution < 1.29 is 9.90 Å². The Morgan fingerprint density at radius 2 is 1.64 bits per heavy atom. The van der Waals surface area contributed by atoms with Crippen molar-refractivity contribution in [2.24, 2.45) is 0 Å². The monoisotopic (exact) mass is 353 g/mol. The lowest BCUT2D eigenvalue weighted by Gasteiger charge is -2.40. The molecule has 3 rings (SSSR count). The highest BCUT2D eigenvalue weighted by molar-refractivity contribution is 5.85. The highest BCUT2D eigenvalue weighted by Crippen LogP contribution is 2.22. The summed E-state index contributed by atoms with van der Waals surface area (Å²) in [6.07, 6.45) is 6.50. The highest BCUT2D eigenvalue weighted by atomic mass is 35.5. The summed E-state index contributed by atoms with van der Waals surface area (Å²) in [6.45, 7) is 4.81. The van der Waals surface area contributed by atoms with Crippen molar-refractivity contribution >= 4 is 30.7 Å². The number of hydrogen-bond acceptors (Lipinski definition) is 4. The third-order valence-electron chi connectivity index (χ3n) is 5.09. The molecule has 7 heteroatoms. The molecule has 1 amide bonds. The standard InChI is InChI=1S/C15H27N3O2.2ClH/c19-13-10-14(16-11-13)15(20)18-8-4-12(5-9-18)17-6-2-1-3-7-17;;/h12-14,16,19H,1-11H2;2*1H. The molecule has 2 N–H and O–H groups in total. The van der Waals surface area contributed by atoms with Gasteiger partial charge in [-0.25, -0.2) is 0 Å². The lowest BCUT2D eigenvalue weighted by Crippen LogP contribution is -2.51. The molecule has 3 fully saturated rings. The average Bonchev–Trinajstić information content (AvgIpc) is 2.94. The van der Waals surface area contributed by atoms with Crippen LogP contribution in [0, 0.1) is 0 Å². The maximum Gasteiger partial charge on any atom is 0.239 e. The van der Waals surface area contributed by atoms with Gasteiger partial charge in [0, 0.05) is 25.7 Å². The number of aliphatic hydroxyl groups is 1. The maximum atomic E-state index is 12.4. The van der Waals surface area contributed by atoms with E-state index >= 15 is 0 Å². The number of aliphatic hydroxyl groups excluding tert-OH is 1. The van der Waals surface area contributed by atoms with Crippen LogP contribution in [0.2, 0.25) is 0 Å². The van der Waals surface area contributed by atoms with Crippen molar-refractivity contribution in [1.29, 1.82) is 0 Å². The Bertz CT molecular complexity index is 346. The number of piperidine rings is 2. The fourth-order valence-corrected chi connectivity index (χ4v) is 3.86. The molecule has 0 aliphatic carbocycles. The first-order valence-electron chi connectivity index (χ1n) is 8.18. The molecule has 2 atom stereocenters. The first-order valence-corrected chi connectivity index (χ1v) is 8.18. The van der Waals surface area contributed by atoms with Crippen molar-refractivity contribution in [2.45, 2.75) is 56.7 Å². The number of halogens is 2. The Morgan fingerprint density at radius 1 is 1.00 bits per heavy atom. The van der Waals surface area contributed by atoms with Crippen LogP contribution >= 0.6 is 24.8 Å². The minimum absolute atomic E-state index is 0. The number of nitrogens with one attached hydrogen (secondary N) is 1. The predicted molar refractivity (Wildman–Crippen MR) is 91.9 cm³/mol. The lowest BCUT2D eigenvalue weighted by molar-refractivity contribution is -0.134. The second-order valence-electron chi connectivity index (χ2n) is 6.50. The van der Waals surface area contributed by atoms with Gasteiger partial charge in [0.1, 0.15) is 0 Å². The molecule has 2 unspecified atom stereocenters. The van der Waals surface area contributed by atoms with E-state index in [0.29, 0.717) is 19.0 Å². The number of hydrogen-bond donors (Lipinski definition) is 2. The Balaban J connectivity index is 0.00000121. The molecule has 3 aliphatic heterocycles. The zero-order chi connectivity index (χ0) is 13.9. The van der Waals surface area contributed by atoms with Crippen molar-refractivity contribution in [3.8, 4) is 0 Å². The molecule has 0 aromatic rings. The molecule has 0 radical (unpaired) electrons. The third kappa shape index (κ3) is 4.71. The molecule has 5 nitrogen and oxygen atoms in total. The second kappa shape index (κ2) is 9.28. The molecule has 3 saturated heterocycles. The van der Waals surface area contributed by atoms with Gasteiger partial charge in [-0.05, 0) is 45.2 Å². The van der Waals surface area contributed by atoms with E-state index in [4.69, 9.17) is 0 Å². The summed E-state index contributed by atoms with van der Waals surface area (Å²) < 4.78 is 0. The lowest BCUT2D eigenvalue weighted by atomic mass is 9.99. The van der Waals surface area contributed by atoms with Crippen LogP contribution in [0.3, 0.4) is 0 Å². The number of likely N-dealkylation sites (tertiary alicyclic amines) is 2. The largest absolute Gasteiger partial charge is 0.392 e. The average molecular weight is 354 g/mol. The molecular formula is C15H29Cl2N3O2. The van der Waals surface area contributed by atoms with Crippen LogP contribution in [0.4, 0.5) is 0 Å². The van der Waals surface area contributed by atoms with Gasteiger partial charge in [0.15, 0.2) is 0 Å². The summed E-state index contributed by atoms with van der Waals surface area (Å²) in [6, 6.07) is 0.526. The molecule has 3 aliphatic rings. The Morgan fingerprint density at radius 3 is 2.18 bits per heavy atom. The summed E-state index contributed by atoms with van der Waals surface area (Å²) >= 11 is 0. The molecular weight excluding hydrogens is 325 g/mol. The van der Waals surface area contributed by atoms with Gasteiger partial charge in [-0.2, -0.15) is 0 Å². The zero-order valence-electron chi connectivity index (χ0n) is 13.1. The molecule has 0 bridgehead atoms. The number of carbonyl (C=O) groups is 1. The molecule has 0 spiro atoms. The van der Waals surface area contributed by atoms with E-state index in [-0.39, 0.29) is 42.9 Å². The van der Waals surface area contributed by atoms with E-state index < -0.39 is 0 Å². The third-order valence-corrected chi connectivity index (χ3v) is 5.09. The predicted octanol–water partition coefficient (Wildman–Crippen LogP) is 1.03. The van der Waals surface area contributed by atoms with E-state index in [1.54, 1.807) is 0 Å². The molecule has 0 aromatic heterocycles. The minimum atomic E-state index is -0.352. The highest BCUT2D eigenvalue weighted by Gasteiger charge is 2.34. The van der Waals surface area contributed by atoms with E-state index in [0.717, 1.165) is 25.9 Å². The zero-order valence-corrected chi connectivity index (χ0v) is 14.7. The Labute approximate surface area is 145 Å². The Kier molecular flexibility index (Phi) is 8.43. The van der Waals surface area contributed by atoms with E-state index in [9.17, 15) is 9.90 Å². The SMILES string of the molecule is Cl.Cl.O=C(C1CC(O)CN1)N1CCC(N2CCCCC2)CC1. The number of β-amino-alcohol motifs (C(OH)–C–C–N with tert-alkyl or cyclic N) is 1. The summed E-state index contributed by atoms with van der Waals surface area (Å²) in [5, 5.41) is 12.6. The van der Waals surface area contributed by atoms with Crippen LogP contribution < -0.4 is 5.32 Å². The summed E-state index contributed by atoms with van der Waals surface area (Å²) in [5.41, 5.74) is 0. The summed E-state index contributed by atoms with van der Waals surface area (Å²) in [5.74, 6) is 0.193. The molecule has 130 valence electrons. The van der Waals surface area contributed by atoms with Gasteiger partial charge in [-0.1, -0.05) is 6.42 Å². The molecule has 3 heterocycles. The van der Waals surface area contributed by atoms with Gasteiger partial charge in [0.05, 0.1) is 12.1 Å². The summed E-state index contributed by atoms with van der Waals surface area (Å²) in [4.78, 5) is 17.0. The fourth-order valence-electron chi connectivity index (χ4n) is 3.86. The first kappa shape index (κ1) is 20.0. The second-order valence-corrected chi connectivity index (χ2v) is 6.50. The fraction of sp³-hybridized carbons (Fsp3) is 0.933. The van der Waals surface area contributed by atoms with E-state index in [2.05, 4.69) is 10.2 Å². The van der Waals surface area contributed by atoms with Gasteiger partial charge in [0.2, 0.25) is 5.91 Å². The first-order chi connectivity index (χ1) is 9.74. The van der Waals surface area contributed by atoms with Crippen molar-refractivity contribution in [1.82, 2.24) is 15.1 Å². The minimum Gasteiger partial charge on any atom is -0.392 e. The molecule has 0 aromatic carbocycles. The van der Waals surface area contributed by atoms with Crippen LogP contribution in [-0.2, 0) is 4.79 Å². The quantitative estimate of drug-likeness (QED) is 0.778. The van der Waals surface area contributed by atoms with Gasteiger partial charge < -0.3 is 20.2 Å². The van der Waals surface area contributed by atoms with Crippen LogP contribution in [-0.4, -0.2) is 71.7 Å². The van der Waals surface area contributed by atoms with E-state index in [1.165, 1.54) is 32.4 Å². The van der Waals surface area contributed by atoms with Gasteiger partial charge >= 0.3 is 0 Å². The van der Waals surface area contributed by atoms with Crippen LogP contribution in [0.5, 0.6) is 0 Å². The van der Waals surface area contributed by atoms with Crippen molar-refractivity contribution in [2.75, 3.05) is 32.7 Å². The maximum absolute atomic E-state index is 12.4. The van der Waals surface area contributed by atoms with E-state index in [1.807, 2.05) is 4.90 Å². The van der Waals surface area contributed by atoms with Crippen molar-refractivity contribution in [3.05, 3.63) is 0 Å². The van der Waals surface area contributed by atoms with Crippen LogP contribution in [0.25, 0.3) is 0 Å². The number of rotatable bonds is 2. The van der Waals surface area contributed by atoms with Gasteiger partial charge in [-0.15, -0.1) is 24.8 Å². The Hall–Kier alpha value is -0.0700. The van der Waals surface area contributed by atoms with Gasteiger partial charge in [-0.3, -0.25) is 4.79 Å².